The average Bonchev–Trinajstić information content (AvgIpc) is 3.14. The van der Waals surface area contributed by atoms with E-state index in [1.165, 1.54) is 11.3 Å². The van der Waals surface area contributed by atoms with Crippen LogP contribution in [0.4, 0.5) is 13.2 Å². The molecule has 0 fully saturated rings. The van der Waals surface area contributed by atoms with E-state index in [9.17, 15) is 21.6 Å². The van der Waals surface area contributed by atoms with Gasteiger partial charge in [-0.3, -0.25) is 4.98 Å². The fourth-order valence-electron chi connectivity index (χ4n) is 2.24. The maximum Gasteiger partial charge on any atom is 0.416 e. The Hall–Kier alpha value is -2.23. The highest BCUT2D eigenvalue weighted by molar-refractivity contribution is 7.89. The predicted octanol–water partition coefficient (Wildman–Crippen LogP) is 4.31. The Morgan fingerprint density at radius 3 is 2.58 bits per heavy atom. The number of alkyl halides is 3. The van der Waals surface area contributed by atoms with Crippen molar-refractivity contribution in [1.82, 2.24) is 9.71 Å². The van der Waals surface area contributed by atoms with Gasteiger partial charge < -0.3 is 0 Å². The standard InChI is InChI=1S/C17H13F3N2O2S2/c18-17(19,20)13-3-1-4-14(10-13)26(23,24)22-11-12-6-7-21-15(9-12)16-5-2-8-25-16/h1-10,22H,11H2. The molecule has 0 aliphatic carbocycles. The van der Waals surface area contributed by atoms with Crippen LogP contribution in [0, 0.1) is 0 Å². The second-order valence-electron chi connectivity index (χ2n) is 5.38. The van der Waals surface area contributed by atoms with Crippen LogP contribution in [-0.2, 0) is 22.7 Å². The third-order valence-corrected chi connectivity index (χ3v) is 5.83. The molecule has 0 saturated carbocycles. The molecular formula is C17H13F3N2O2S2. The zero-order chi connectivity index (χ0) is 18.8. The Labute approximate surface area is 152 Å². The molecule has 0 atom stereocenters. The number of nitrogens with zero attached hydrogens (tertiary/aromatic N) is 1. The fourth-order valence-corrected chi connectivity index (χ4v) is 4.00. The van der Waals surface area contributed by atoms with E-state index in [1.807, 2.05) is 17.5 Å². The smallest absolute Gasteiger partial charge is 0.255 e. The number of aromatic nitrogens is 1. The molecule has 1 N–H and O–H groups in total. The quantitative estimate of drug-likeness (QED) is 0.697. The third kappa shape index (κ3) is 4.29. The lowest BCUT2D eigenvalue weighted by Gasteiger charge is -2.10. The van der Waals surface area contributed by atoms with Gasteiger partial charge in [-0.25, -0.2) is 13.1 Å². The van der Waals surface area contributed by atoms with E-state index in [-0.39, 0.29) is 6.54 Å². The summed E-state index contributed by atoms with van der Waals surface area (Å²) >= 11 is 1.50. The predicted molar refractivity (Wildman–Crippen MR) is 93.0 cm³/mol. The minimum absolute atomic E-state index is 0.0561. The fraction of sp³-hybridized carbons (Fsp3) is 0.118. The summed E-state index contributed by atoms with van der Waals surface area (Å²) < 4.78 is 65.2. The number of nitrogens with one attached hydrogen (secondary N) is 1. The van der Waals surface area contributed by atoms with Crippen LogP contribution in [0.2, 0.25) is 0 Å². The molecule has 9 heteroatoms. The molecule has 2 aromatic heterocycles. The van der Waals surface area contributed by atoms with E-state index in [2.05, 4.69) is 9.71 Å². The van der Waals surface area contributed by atoms with Gasteiger partial charge in [-0.15, -0.1) is 11.3 Å². The van der Waals surface area contributed by atoms with Gasteiger partial charge in [0, 0.05) is 12.7 Å². The first kappa shape index (κ1) is 18.6. The first-order chi connectivity index (χ1) is 12.3. The number of hydrogen-bond acceptors (Lipinski definition) is 4. The zero-order valence-corrected chi connectivity index (χ0v) is 14.8. The van der Waals surface area contributed by atoms with Gasteiger partial charge in [0.25, 0.3) is 0 Å². The van der Waals surface area contributed by atoms with Crippen LogP contribution in [0.1, 0.15) is 11.1 Å². The van der Waals surface area contributed by atoms with Crippen molar-refractivity contribution in [3.63, 3.8) is 0 Å². The van der Waals surface area contributed by atoms with Crippen LogP contribution in [0.5, 0.6) is 0 Å². The SMILES string of the molecule is O=S(=O)(NCc1ccnc(-c2cccs2)c1)c1cccc(C(F)(F)F)c1. The van der Waals surface area contributed by atoms with Crippen molar-refractivity contribution in [2.75, 3.05) is 0 Å². The Bertz CT molecular complexity index is 1000. The van der Waals surface area contributed by atoms with Gasteiger partial charge in [-0.1, -0.05) is 12.1 Å². The molecule has 2 heterocycles. The maximum absolute atomic E-state index is 12.8. The van der Waals surface area contributed by atoms with Crippen molar-refractivity contribution >= 4 is 21.4 Å². The number of sulfonamides is 1. The van der Waals surface area contributed by atoms with Crippen LogP contribution in [0.25, 0.3) is 10.6 Å². The molecule has 0 unspecified atom stereocenters. The van der Waals surface area contributed by atoms with E-state index in [0.717, 1.165) is 23.1 Å². The summed E-state index contributed by atoms with van der Waals surface area (Å²) in [5.74, 6) is 0. The molecular weight excluding hydrogens is 385 g/mol. The Kier molecular flexibility index (Phi) is 5.12. The summed E-state index contributed by atoms with van der Waals surface area (Å²) in [7, 11) is -4.08. The number of benzene rings is 1. The Morgan fingerprint density at radius 2 is 1.88 bits per heavy atom. The van der Waals surface area contributed by atoms with E-state index in [4.69, 9.17) is 0 Å². The van der Waals surface area contributed by atoms with E-state index in [0.29, 0.717) is 17.3 Å². The van der Waals surface area contributed by atoms with Crippen molar-refractivity contribution < 1.29 is 21.6 Å². The first-order valence-electron chi connectivity index (χ1n) is 7.41. The number of thiophene rings is 1. The zero-order valence-electron chi connectivity index (χ0n) is 13.2. The van der Waals surface area contributed by atoms with Gasteiger partial charge in [0.2, 0.25) is 10.0 Å². The van der Waals surface area contributed by atoms with Crippen molar-refractivity contribution in [3.8, 4) is 10.6 Å². The van der Waals surface area contributed by atoms with Crippen molar-refractivity contribution in [2.24, 2.45) is 0 Å². The molecule has 0 aliphatic heterocycles. The van der Waals surface area contributed by atoms with Crippen LogP contribution in [-0.4, -0.2) is 13.4 Å². The second kappa shape index (κ2) is 7.18. The van der Waals surface area contributed by atoms with Crippen molar-refractivity contribution in [2.45, 2.75) is 17.6 Å². The molecule has 0 spiro atoms. The van der Waals surface area contributed by atoms with Crippen LogP contribution in [0.3, 0.4) is 0 Å². The van der Waals surface area contributed by atoms with E-state index in [1.54, 1.807) is 18.3 Å². The normalized spacial score (nSPS) is 12.3. The molecule has 3 rings (SSSR count). The summed E-state index contributed by atoms with van der Waals surface area (Å²) in [6.45, 7) is -0.0561. The molecule has 1 aromatic carbocycles. The summed E-state index contributed by atoms with van der Waals surface area (Å²) in [6, 6.07) is 10.8. The van der Waals surface area contributed by atoms with Crippen molar-refractivity contribution in [1.29, 1.82) is 0 Å². The average molecular weight is 398 g/mol. The molecule has 0 aliphatic rings. The molecule has 26 heavy (non-hydrogen) atoms. The topological polar surface area (TPSA) is 59.1 Å². The largest absolute Gasteiger partial charge is 0.416 e. The minimum Gasteiger partial charge on any atom is -0.255 e. The summed E-state index contributed by atoms with van der Waals surface area (Å²) in [4.78, 5) is 4.74. The lowest BCUT2D eigenvalue weighted by Crippen LogP contribution is -2.23. The van der Waals surface area contributed by atoms with Crippen molar-refractivity contribution in [3.05, 3.63) is 71.2 Å². The Morgan fingerprint density at radius 1 is 1.08 bits per heavy atom. The van der Waals surface area contributed by atoms with Gasteiger partial charge in [-0.2, -0.15) is 13.2 Å². The highest BCUT2D eigenvalue weighted by Gasteiger charge is 2.31. The monoisotopic (exact) mass is 398 g/mol. The van der Waals surface area contributed by atoms with Crippen LogP contribution in [0.15, 0.2) is 65.0 Å². The Balaban J connectivity index is 1.78. The summed E-state index contributed by atoms with van der Waals surface area (Å²) in [5.41, 5.74) is 0.346. The van der Waals surface area contributed by atoms with Gasteiger partial charge >= 0.3 is 6.18 Å². The van der Waals surface area contributed by atoms with Gasteiger partial charge in [0.15, 0.2) is 0 Å². The summed E-state index contributed by atoms with van der Waals surface area (Å²) in [5, 5.41) is 1.90. The highest BCUT2D eigenvalue weighted by atomic mass is 32.2. The van der Waals surface area contributed by atoms with Gasteiger partial charge in [-0.05, 0) is 47.3 Å². The maximum atomic E-state index is 12.8. The lowest BCUT2D eigenvalue weighted by atomic mass is 10.2. The van der Waals surface area contributed by atoms with Gasteiger partial charge in [0.05, 0.1) is 21.0 Å². The molecule has 0 bridgehead atoms. The van der Waals surface area contributed by atoms with E-state index >= 15 is 0 Å². The molecule has 0 saturated heterocycles. The minimum atomic E-state index is -4.60. The lowest BCUT2D eigenvalue weighted by molar-refractivity contribution is -0.137. The highest BCUT2D eigenvalue weighted by Crippen LogP contribution is 2.30. The molecule has 3 aromatic rings. The van der Waals surface area contributed by atoms with Crippen LogP contribution < -0.4 is 4.72 Å². The first-order valence-corrected chi connectivity index (χ1v) is 9.78. The summed E-state index contributed by atoms with van der Waals surface area (Å²) in [6.07, 6.45) is -3.05. The number of pyridine rings is 1. The van der Waals surface area contributed by atoms with Crippen LogP contribution >= 0.6 is 11.3 Å². The molecule has 136 valence electrons. The third-order valence-electron chi connectivity index (χ3n) is 3.54. The number of halogens is 3. The van der Waals surface area contributed by atoms with E-state index < -0.39 is 26.7 Å². The van der Waals surface area contributed by atoms with Gasteiger partial charge in [0.1, 0.15) is 0 Å². The molecule has 4 nitrogen and oxygen atoms in total. The number of hydrogen-bond donors (Lipinski definition) is 1. The molecule has 0 amide bonds. The number of rotatable bonds is 5. The molecule has 0 radical (unpaired) electrons. The second-order valence-corrected chi connectivity index (χ2v) is 8.09.